The zero-order valence-corrected chi connectivity index (χ0v) is 11.1. The van der Waals surface area contributed by atoms with Gasteiger partial charge in [-0.15, -0.1) is 0 Å². The molecule has 2 amide bonds. The summed E-state index contributed by atoms with van der Waals surface area (Å²) in [5.74, 6) is -1.15. The second-order valence-corrected chi connectivity index (χ2v) is 4.97. The van der Waals surface area contributed by atoms with Gasteiger partial charge in [0.1, 0.15) is 6.04 Å². The SMILES string of the molecule is COCCC1(CNC(=O)N[C@H](CCO)C(=O)O)CC1. The van der Waals surface area contributed by atoms with Crippen LogP contribution in [0.5, 0.6) is 0 Å². The lowest BCUT2D eigenvalue weighted by atomic mass is 10.0. The number of methoxy groups -OCH3 is 1. The third-order valence-corrected chi connectivity index (χ3v) is 3.44. The van der Waals surface area contributed by atoms with E-state index in [2.05, 4.69) is 10.6 Å². The number of urea groups is 1. The number of carboxylic acids is 1. The highest BCUT2D eigenvalue weighted by Crippen LogP contribution is 2.48. The van der Waals surface area contributed by atoms with Gasteiger partial charge in [-0.05, 0) is 24.7 Å². The predicted molar refractivity (Wildman–Crippen MR) is 67.8 cm³/mol. The topological polar surface area (TPSA) is 108 Å². The summed E-state index contributed by atoms with van der Waals surface area (Å²) < 4.78 is 5.02. The predicted octanol–water partition coefficient (Wildman–Crippen LogP) is -0.0621. The van der Waals surface area contributed by atoms with Crippen molar-refractivity contribution in [3.63, 3.8) is 0 Å². The monoisotopic (exact) mass is 274 g/mol. The Morgan fingerprint density at radius 2 is 2.11 bits per heavy atom. The van der Waals surface area contributed by atoms with Gasteiger partial charge in [-0.3, -0.25) is 0 Å². The van der Waals surface area contributed by atoms with Crippen molar-refractivity contribution >= 4 is 12.0 Å². The number of carbonyl (C=O) groups excluding carboxylic acids is 1. The van der Waals surface area contributed by atoms with E-state index < -0.39 is 18.0 Å². The van der Waals surface area contributed by atoms with Gasteiger partial charge in [-0.1, -0.05) is 0 Å². The fourth-order valence-corrected chi connectivity index (χ4v) is 1.87. The fourth-order valence-electron chi connectivity index (χ4n) is 1.87. The quantitative estimate of drug-likeness (QED) is 0.471. The van der Waals surface area contributed by atoms with Gasteiger partial charge in [0, 0.05) is 33.3 Å². The average molecular weight is 274 g/mol. The number of ether oxygens (including phenoxy) is 1. The molecule has 1 aliphatic carbocycles. The van der Waals surface area contributed by atoms with Crippen molar-refractivity contribution in [2.75, 3.05) is 26.9 Å². The van der Waals surface area contributed by atoms with E-state index in [0.717, 1.165) is 19.3 Å². The number of carboxylic acid groups (broad SMARTS) is 1. The zero-order valence-electron chi connectivity index (χ0n) is 11.1. The van der Waals surface area contributed by atoms with Gasteiger partial charge in [0.15, 0.2) is 0 Å². The lowest BCUT2D eigenvalue weighted by Gasteiger charge is -2.18. The lowest BCUT2D eigenvalue weighted by molar-refractivity contribution is -0.139. The van der Waals surface area contributed by atoms with Crippen LogP contribution in [0.1, 0.15) is 25.7 Å². The largest absolute Gasteiger partial charge is 0.480 e. The standard InChI is InChI=1S/C12H22N2O5/c1-19-7-5-12(3-4-12)8-13-11(18)14-9(2-6-15)10(16)17/h9,15H,2-8H2,1H3,(H,16,17)(H2,13,14,18)/t9-/m1/s1. The first-order chi connectivity index (χ1) is 9.03. The summed E-state index contributed by atoms with van der Waals surface area (Å²) in [5.41, 5.74) is 0.114. The van der Waals surface area contributed by atoms with Gasteiger partial charge in [-0.25, -0.2) is 9.59 Å². The minimum atomic E-state index is -1.15. The van der Waals surface area contributed by atoms with Crippen molar-refractivity contribution in [2.45, 2.75) is 31.7 Å². The summed E-state index contributed by atoms with van der Waals surface area (Å²) in [5, 5.41) is 22.6. The van der Waals surface area contributed by atoms with Crippen LogP contribution in [0.4, 0.5) is 4.79 Å². The maximum Gasteiger partial charge on any atom is 0.326 e. The molecular formula is C12H22N2O5. The minimum Gasteiger partial charge on any atom is -0.480 e. The van der Waals surface area contributed by atoms with Gasteiger partial charge in [0.2, 0.25) is 0 Å². The Hall–Kier alpha value is -1.34. The Balaban J connectivity index is 2.29. The molecule has 1 fully saturated rings. The number of hydrogen-bond acceptors (Lipinski definition) is 4. The summed E-state index contributed by atoms with van der Waals surface area (Å²) in [6.45, 7) is 0.897. The van der Waals surface area contributed by atoms with Gasteiger partial charge in [-0.2, -0.15) is 0 Å². The number of rotatable bonds is 9. The molecule has 0 aromatic heterocycles. The van der Waals surface area contributed by atoms with E-state index in [1.54, 1.807) is 7.11 Å². The Kier molecular flexibility index (Phi) is 6.04. The van der Waals surface area contributed by atoms with Crippen molar-refractivity contribution < 1.29 is 24.5 Å². The maximum absolute atomic E-state index is 11.6. The second-order valence-electron chi connectivity index (χ2n) is 4.97. The number of aliphatic hydroxyl groups is 1. The van der Waals surface area contributed by atoms with E-state index in [1.807, 2.05) is 0 Å². The molecule has 0 spiro atoms. The third kappa shape index (κ3) is 5.44. The normalized spacial score (nSPS) is 17.6. The zero-order chi connectivity index (χ0) is 14.3. The molecule has 7 nitrogen and oxygen atoms in total. The van der Waals surface area contributed by atoms with Crippen molar-refractivity contribution in [3.05, 3.63) is 0 Å². The highest BCUT2D eigenvalue weighted by Gasteiger charge is 2.42. The van der Waals surface area contributed by atoms with Crippen LogP contribution < -0.4 is 10.6 Å². The van der Waals surface area contributed by atoms with E-state index in [4.69, 9.17) is 14.9 Å². The van der Waals surface area contributed by atoms with Gasteiger partial charge < -0.3 is 25.6 Å². The lowest BCUT2D eigenvalue weighted by Crippen LogP contribution is -2.47. The van der Waals surface area contributed by atoms with Crippen LogP contribution in [-0.4, -0.2) is 55.1 Å². The number of aliphatic carboxylic acids is 1. The van der Waals surface area contributed by atoms with Crippen molar-refractivity contribution in [1.29, 1.82) is 0 Å². The molecule has 1 saturated carbocycles. The molecule has 4 N–H and O–H groups in total. The Labute approximate surface area is 112 Å². The van der Waals surface area contributed by atoms with Crippen LogP contribution >= 0.6 is 0 Å². The van der Waals surface area contributed by atoms with Gasteiger partial charge in [0.25, 0.3) is 0 Å². The fraction of sp³-hybridized carbons (Fsp3) is 0.833. The summed E-state index contributed by atoms with van der Waals surface area (Å²) in [6.07, 6.45) is 2.99. The molecule has 7 heteroatoms. The minimum absolute atomic E-state index is 0.00241. The molecule has 1 aliphatic rings. The van der Waals surface area contributed by atoms with Crippen LogP contribution in [-0.2, 0) is 9.53 Å². The molecule has 110 valence electrons. The van der Waals surface area contributed by atoms with Crippen molar-refractivity contribution in [1.82, 2.24) is 10.6 Å². The van der Waals surface area contributed by atoms with Crippen LogP contribution in [0.3, 0.4) is 0 Å². The molecule has 0 aromatic rings. The Bertz CT molecular complexity index is 317. The van der Waals surface area contributed by atoms with Crippen molar-refractivity contribution in [2.24, 2.45) is 5.41 Å². The van der Waals surface area contributed by atoms with Gasteiger partial charge in [0.05, 0.1) is 0 Å². The molecule has 0 bridgehead atoms. The number of amides is 2. The van der Waals surface area contributed by atoms with Gasteiger partial charge >= 0.3 is 12.0 Å². The highest BCUT2D eigenvalue weighted by atomic mass is 16.5. The number of nitrogens with one attached hydrogen (secondary N) is 2. The van der Waals surface area contributed by atoms with E-state index in [9.17, 15) is 9.59 Å². The Morgan fingerprint density at radius 3 is 2.58 bits per heavy atom. The summed E-state index contributed by atoms with van der Waals surface area (Å²) >= 11 is 0. The van der Waals surface area contributed by atoms with E-state index >= 15 is 0 Å². The van der Waals surface area contributed by atoms with Crippen LogP contribution in [0.15, 0.2) is 0 Å². The average Bonchev–Trinajstić information content (AvgIpc) is 3.14. The smallest absolute Gasteiger partial charge is 0.326 e. The molecule has 0 saturated heterocycles. The summed E-state index contributed by atoms with van der Waals surface area (Å²) in [6, 6.07) is -1.57. The first-order valence-electron chi connectivity index (χ1n) is 6.40. The molecule has 0 unspecified atom stereocenters. The first-order valence-corrected chi connectivity index (χ1v) is 6.40. The van der Waals surface area contributed by atoms with E-state index in [0.29, 0.717) is 13.2 Å². The van der Waals surface area contributed by atoms with Crippen molar-refractivity contribution in [3.8, 4) is 0 Å². The molecule has 1 rings (SSSR count). The number of aliphatic hydroxyl groups excluding tert-OH is 1. The third-order valence-electron chi connectivity index (χ3n) is 3.44. The summed E-state index contributed by atoms with van der Waals surface area (Å²) in [4.78, 5) is 22.4. The molecule has 0 aliphatic heterocycles. The van der Waals surface area contributed by atoms with E-state index in [-0.39, 0.29) is 18.4 Å². The molecule has 19 heavy (non-hydrogen) atoms. The Morgan fingerprint density at radius 1 is 1.42 bits per heavy atom. The van der Waals surface area contributed by atoms with Crippen LogP contribution in [0, 0.1) is 5.41 Å². The first kappa shape index (κ1) is 15.7. The van der Waals surface area contributed by atoms with Crippen LogP contribution in [0.25, 0.3) is 0 Å². The second kappa shape index (κ2) is 7.30. The molecular weight excluding hydrogens is 252 g/mol. The molecule has 0 radical (unpaired) electrons. The number of carbonyl (C=O) groups is 2. The summed E-state index contributed by atoms with van der Waals surface area (Å²) in [7, 11) is 1.64. The highest BCUT2D eigenvalue weighted by molar-refractivity contribution is 5.82. The molecule has 0 heterocycles. The maximum atomic E-state index is 11.6. The molecule has 1 atom stereocenters. The van der Waals surface area contributed by atoms with E-state index in [1.165, 1.54) is 0 Å². The number of hydrogen-bond donors (Lipinski definition) is 4. The van der Waals surface area contributed by atoms with Crippen LogP contribution in [0.2, 0.25) is 0 Å². The molecule has 0 aromatic carbocycles.